The van der Waals surface area contributed by atoms with Gasteiger partial charge < -0.3 is 59.8 Å². The van der Waals surface area contributed by atoms with Gasteiger partial charge >= 0.3 is 0 Å². The fraction of sp³-hybridized carbons (Fsp3) is 0.256. The first kappa shape index (κ1) is 74.2. The van der Waals surface area contributed by atoms with E-state index in [1.807, 2.05) is 94.4 Å². The van der Waals surface area contributed by atoms with Gasteiger partial charge in [0.05, 0.1) is 22.3 Å². The molecule has 9 rings (SSSR count). The third kappa shape index (κ3) is 22.7. The number of halogens is 2. The summed E-state index contributed by atoms with van der Waals surface area (Å²) in [6.45, 7) is 8.91. The Labute approximate surface area is 557 Å². The fourth-order valence-electron chi connectivity index (χ4n) is 9.76. The van der Waals surface area contributed by atoms with Crippen molar-refractivity contribution in [3.63, 3.8) is 0 Å². The van der Waals surface area contributed by atoms with Gasteiger partial charge in [0, 0.05) is 30.3 Å². The lowest BCUT2D eigenvalue weighted by Crippen LogP contribution is -2.13. The van der Waals surface area contributed by atoms with E-state index in [9.17, 15) is 68.8 Å². The molecule has 0 aliphatic heterocycles. The van der Waals surface area contributed by atoms with E-state index >= 15 is 0 Å². The number of rotatable bonds is 28. The summed E-state index contributed by atoms with van der Waals surface area (Å²) in [7, 11) is 0. The van der Waals surface area contributed by atoms with Crippen molar-refractivity contribution in [2.75, 3.05) is 26.4 Å². The van der Waals surface area contributed by atoms with Gasteiger partial charge in [0.2, 0.25) is 23.1 Å². The van der Waals surface area contributed by atoms with Crippen LogP contribution in [-0.2, 0) is 25.7 Å². The van der Waals surface area contributed by atoms with E-state index in [-0.39, 0.29) is 111 Å². The molecule has 0 bridgehead atoms. The third-order valence-electron chi connectivity index (χ3n) is 14.9. The zero-order valence-electron chi connectivity index (χ0n) is 54.4. The van der Waals surface area contributed by atoms with E-state index in [1.165, 1.54) is 72.8 Å². The Balaban J connectivity index is 0.000000204. The van der Waals surface area contributed by atoms with Crippen LogP contribution in [0.15, 0.2) is 176 Å². The molecule has 0 atom stereocenters. The topological polar surface area (TPSA) is 267 Å². The van der Waals surface area contributed by atoms with Gasteiger partial charge in [-0.3, -0.25) is 19.2 Å². The fourth-order valence-corrected chi connectivity index (χ4v) is 9.76. The van der Waals surface area contributed by atoms with Crippen LogP contribution in [0.1, 0.15) is 142 Å². The van der Waals surface area contributed by atoms with Gasteiger partial charge in [-0.25, -0.2) is 8.78 Å². The second-order valence-electron chi connectivity index (χ2n) is 22.5. The number of ether oxygens (including phenoxy) is 4. The predicted octanol–water partition coefficient (Wildman–Crippen LogP) is 16.7. The summed E-state index contributed by atoms with van der Waals surface area (Å²) in [5, 5.41) is 78.8. The van der Waals surface area contributed by atoms with Crippen LogP contribution in [0.25, 0.3) is 11.1 Å². The molecule has 8 N–H and O–H groups in total. The third-order valence-corrected chi connectivity index (χ3v) is 14.9. The number of carbonyl (C=O) groups excluding carboxylic acids is 4. The van der Waals surface area contributed by atoms with Crippen molar-refractivity contribution in [2.45, 2.75) is 105 Å². The van der Waals surface area contributed by atoms with Crippen LogP contribution in [0.2, 0.25) is 0 Å². The van der Waals surface area contributed by atoms with Gasteiger partial charge in [-0.2, -0.15) is 0 Å². The number of hydrogen-bond acceptors (Lipinski definition) is 16. The maximum absolute atomic E-state index is 13.4. The van der Waals surface area contributed by atoms with Crippen LogP contribution >= 0.6 is 0 Å². The summed E-state index contributed by atoms with van der Waals surface area (Å²) >= 11 is 0. The molecule has 16 nitrogen and oxygen atoms in total. The van der Waals surface area contributed by atoms with Crippen LogP contribution < -0.4 is 18.9 Å². The van der Waals surface area contributed by atoms with Crippen molar-refractivity contribution >= 4 is 23.1 Å². The highest BCUT2D eigenvalue weighted by Gasteiger charge is 2.21. The molecule has 0 radical (unpaired) electrons. The Hall–Kier alpha value is -10.9. The lowest BCUT2D eigenvalue weighted by atomic mass is 10.0. The molecule has 504 valence electrons. The Morgan fingerprint density at radius 1 is 0.333 bits per heavy atom. The number of phenols is 8. The molecule has 9 aromatic rings. The number of ketones is 4. The van der Waals surface area contributed by atoms with Crippen molar-refractivity contribution in [3.05, 3.63) is 238 Å². The second-order valence-corrected chi connectivity index (χ2v) is 22.5. The van der Waals surface area contributed by atoms with Crippen molar-refractivity contribution in [3.8, 4) is 80.1 Å². The summed E-state index contributed by atoms with van der Waals surface area (Å²) in [5.74, 6) is -2.32. The van der Waals surface area contributed by atoms with Crippen LogP contribution in [0.4, 0.5) is 8.78 Å². The van der Waals surface area contributed by atoms with Crippen LogP contribution in [0.5, 0.6) is 69.0 Å². The van der Waals surface area contributed by atoms with Crippen molar-refractivity contribution in [1.82, 2.24) is 0 Å². The number of carbonyl (C=O) groups is 4. The highest BCUT2D eigenvalue weighted by Crippen LogP contribution is 2.34. The molecule has 0 saturated carbocycles. The number of benzene rings is 9. The minimum absolute atomic E-state index is 0.00959. The Kier molecular flexibility index (Phi) is 29.1. The molecular weight excluding hydrogens is 1230 g/mol. The van der Waals surface area contributed by atoms with E-state index in [0.29, 0.717) is 59.4 Å². The van der Waals surface area contributed by atoms with Gasteiger partial charge in [-0.15, -0.1) is 0 Å². The first-order chi connectivity index (χ1) is 46.1. The number of aromatic hydroxyl groups is 8. The number of unbranched alkanes of at least 4 members (excludes halogenated alkanes) is 3. The van der Waals surface area contributed by atoms with Crippen LogP contribution in [-0.4, -0.2) is 90.4 Å². The zero-order valence-corrected chi connectivity index (χ0v) is 54.4. The van der Waals surface area contributed by atoms with Gasteiger partial charge in [0.25, 0.3) is 0 Å². The van der Waals surface area contributed by atoms with Crippen LogP contribution in [0.3, 0.4) is 0 Å². The molecule has 0 aromatic heterocycles. The smallest absolute Gasteiger partial charge is 0.203 e. The number of hydrogen-bond donors (Lipinski definition) is 8. The first-order valence-electron chi connectivity index (χ1n) is 31.7. The summed E-state index contributed by atoms with van der Waals surface area (Å²) in [5.41, 5.74) is 6.28. The number of Topliss-reactive ketones (excluding diaryl/α,β-unsaturated/α-hetero) is 4. The Bertz CT molecular complexity index is 4020. The average Bonchev–Trinajstić information content (AvgIpc) is 0.876. The normalized spacial score (nSPS) is 10.5. The minimum atomic E-state index is -0.558. The lowest BCUT2D eigenvalue weighted by molar-refractivity contribution is 0.0909. The quantitative estimate of drug-likeness (QED) is 0.0167. The van der Waals surface area contributed by atoms with E-state index in [4.69, 9.17) is 18.9 Å². The van der Waals surface area contributed by atoms with Gasteiger partial charge in [0.1, 0.15) is 69.1 Å². The Morgan fingerprint density at radius 3 is 1.11 bits per heavy atom. The molecule has 0 aliphatic carbocycles. The average molecular weight is 1310 g/mol. The van der Waals surface area contributed by atoms with Crippen molar-refractivity contribution in [2.24, 2.45) is 0 Å². The standard InChI is InChI=1S/C26H28O4.C18H20O4.2C17H17FO4/c1-2-3-4-6-11-21-16-23(25(28)17-24(21)27)26(29)18-30-22-14-12-20(13-15-22)19-9-7-5-8-10-19;1-3-4-13-9-15(17(20)10-16(13)19)18(21)11-22-14-7-5-12(2)6-8-14;1-2-5-11-8-12(15(20)9-14(11)19)16(21)10-22-17-7-4-3-6-13(17)18;1-2-4-11-7-14(16(20)9-15(11)19)17(21)10-22-13-6-3-5-12(18)8-13/h5,7-10,12-17,27-28H,2-4,6,11,18H2,1H3;5-10,19-20H,3-4,11H2,1-2H3;3-4,6-9,19-20H,2,5,10H2,1H3;3,5-9,19-20H,2,4,10H2,1H3. The van der Waals surface area contributed by atoms with Gasteiger partial charge in [-0.1, -0.05) is 145 Å². The molecule has 0 unspecified atom stereocenters. The SMILES string of the molecule is CCCCCCc1cc(C(=O)COc2ccc(-c3ccccc3)cc2)c(O)cc1O.CCCc1cc(C(=O)COc2ccc(C)cc2)c(O)cc1O.CCCc1cc(C(=O)COc2cccc(F)c2)c(O)cc1O.CCCc1cc(C(=O)COc2ccccc2F)c(O)cc1O. The molecule has 0 fully saturated rings. The van der Waals surface area contributed by atoms with Crippen molar-refractivity contribution in [1.29, 1.82) is 0 Å². The molecule has 0 heterocycles. The monoisotopic (exact) mass is 1310 g/mol. The van der Waals surface area contributed by atoms with E-state index in [1.54, 1.807) is 24.3 Å². The number of phenolic OH excluding ortho intramolecular Hbond substituents is 8. The summed E-state index contributed by atoms with van der Waals surface area (Å²) in [6, 6.07) is 47.0. The molecule has 18 heteroatoms. The number of para-hydroxylation sites is 1. The molecule has 96 heavy (non-hydrogen) atoms. The molecule has 0 aliphatic rings. The summed E-state index contributed by atoms with van der Waals surface area (Å²) < 4.78 is 47.9. The zero-order chi connectivity index (χ0) is 69.7. The van der Waals surface area contributed by atoms with Gasteiger partial charge in [-0.05, 0) is 145 Å². The maximum atomic E-state index is 13.4. The number of aryl methyl sites for hydroxylation is 5. The molecule has 9 aromatic carbocycles. The van der Waals surface area contributed by atoms with Crippen LogP contribution in [0, 0.1) is 18.6 Å². The summed E-state index contributed by atoms with van der Waals surface area (Å²) in [4.78, 5) is 49.1. The maximum Gasteiger partial charge on any atom is 0.203 e. The van der Waals surface area contributed by atoms with E-state index in [2.05, 4.69) is 6.92 Å². The highest BCUT2D eigenvalue weighted by atomic mass is 19.1. The van der Waals surface area contributed by atoms with Crippen molar-refractivity contribution < 1.29 is 87.8 Å². The van der Waals surface area contributed by atoms with E-state index in [0.717, 1.165) is 73.8 Å². The van der Waals surface area contributed by atoms with Gasteiger partial charge in [0.15, 0.2) is 38.0 Å². The van der Waals surface area contributed by atoms with E-state index < -0.39 is 29.8 Å². The molecule has 0 spiro atoms. The molecular formula is C78H82F2O16. The highest BCUT2D eigenvalue weighted by molar-refractivity contribution is 6.02. The lowest BCUT2D eigenvalue weighted by Gasteiger charge is -2.11. The molecule has 0 saturated heterocycles. The minimum Gasteiger partial charge on any atom is -0.508 e. The summed E-state index contributed by atoms with van der Waals surface area (Å²) in [6.07, 6.45) is 9.20. The Morgan fingerprint density at radius 2 is 0.708 bits per heavy atom. The first-order valence-corrected chi connectivity index (χ1v) is 31.7. The molecule has 0 amide bonds. The predicted molar refractivity (Wildman–Crippen MR) is 364 cm³/mol. The second kappa shape index (κ2) is 37.7. The largest absolute Gasteiger partial charge is 0.508 e.